The van der Waals surface area contributed by atoms with Crippen LogP contribution in [0, 0.1) is 12.7 Å². The largest absolute Gasteiger partial charge is 0.465 e. The Bertz CT molecular complexity index is 1700. The molecule has 2 bridgehead atoms. The molecule has 7 rings (SSSR count). The first-order valence-electron chi connectivity index (χ1n) is 16.3. The van der Waals surface area contributed by atoms with Gasteiger partial charge in [0.15, 0.2) is 0 Å². The van der Waals surface area contributed by atoms with Crippen molar-refractivity contribution in [3.8, 4) is 0 Å². The molecule has 45 heavy (non-hydrogen) atoms. The van der Waals surface area contributed by atoms with Crippen molar-refractivity contribution < 1.29 is 18.7 Å². The number of aryl methyl sites for hydroxylation is 1. The van der Waals surface area contributed by atoms with E-state index in [4.69, 9.17) is 9.72 Å². The molecular formula is C37H41FN4O3. The van der Waals surface area contributed by atoms with E-state index in [0.717, 1.165) is 56.1 Å². The number of amides is 1. The summed E-state index contributed by atoms with van der Waals surface area (Å²) in [5, 5.41) is 0. The third-order valence-corrected chi connectivity index (χ3v) is 10.8. The average molecular weight is 609 g/mol. The van der Waals surface area contributed by atoms with Crippen LogP contribution in [0.25, 0.3) is 11.0 Å². The van der Waals surface area contributed by atoms with Crippen molar-refractivity contribution in [2.75, 3.05) is 26.7 Å². The van der Waals surface area contributed by atoms with Gasteiger partial charge in [0.25, 0.3) is 5.91 Å². The molecule has 234 valence electrons. The average Bonchev–Trinajstić information content (AvgIpc) is 3.53. The third kappa shape index (κ3) is 5.54. The highest BCUT2D eigenvalue weighted by Crippen LogP contribution is 2.45. The number of benzene rings is 3. The van der Waals surface area contributed by atoms with Gasteiger partial charge in [0, 0.05) is 36.8 Å². The number of imidazole rings is 1. The first-order chi connectivity index (χ1) is 21.8. The lowest BCUT2D eigenvalue weighted by molar-refractivity contribution is 0.0600. The van der Waals surface area contributed by atoms with Crippen LogP contribution in [0.1, 0.15) is 83.1 Å². The van der Waals surface area contributed by atoms with Crippen LogP contribution in [0.2, 0.25) is 0 Å². The molecule has 3 aliphatic rings. The standard InChI is InChI=1S/C37H41FN4O3/c1-25-39-33-10-6-7-11-34(33)42(25)32-23-30-12-13-31(24-32)41(30)19-16-37(28-8-4-3-5-9-28)14-17-40(18-15-37)35(43)26-20-27(36(44)45-2)22-29(38)21-26/h3-11,20-22,30-32H,12-19,23-24H2,1-2H3/t30-,31+,32?. The van der Waals surface area contributed by atoms with Crippen LogP contribution in [0.3, 0.4) is 0 Å². The second kappa shape index (κ2) is 12.0. The number of aromatic nitrogens is 2. The highest BCUT2D eigenvalue weighted by molar-refractivity contribution is 5.98. The molecule has 0 N–H and O–H groups in total. The predicted molar refractivity (Wildman–Crippen MR) is 172 cm³/mol. The zero-order valence-electron chi connectivity index (χ0n) is 26.1. The minimum atomic E-state index is -0.656. The number of hydrogen-bond acceptors (Lipinski definition) is 5. The molecule has 7 nitrogen and oxygen atoms in total. The number of likely N-dealkylation sites (tertiary alicyclic amines) is 1. The number of piperidine rings is 2. The molecule has 4 heterocycles. The molecule has 1 unspecified atom stereocenters. The molecule has 8 heteroatoms. The molecule has 3 aromatic carbocycles. The maximum Gasteiger partial charge on any atom is 0.337 e. The van der Waals surface area contributed by atoms with Crippen molar-refractivity contribution in [3.63, 3.8) is 0 Å². The van der Waals surface area contributed by atoms with E-state index in [1.165, 1.54) is 43.2 Å². The summed E-state index contributed by atoms with van der Waals surface area (Å²) in [6, 6.07) is 24.6. The van der Waals surface area contributed by atoms with Crippen LogP contribution >= 0.6 is 0 Å². The zero-order chi connectivity index (χ0) is 31.1. The number of nitrogens with zero attached hydrogens (tertiary/aromatic N) is 4. The van der Waals surface area contributed by atoms with E-state index in [9.17, 15) is 14.0 Å². The Kier molecular flexibility index (Phi) is 7.94. The molecule has 1 aromatic heterocycles. The van der Waals surface area contributed by atoms with Crippen molar-refractivity contribution in [1.29, 1.82) is 0 Å². The van der Waals surface area contributed by atoms with Gasteiger partial charge in [-0.2, -0.15) is 0 Å². The van der Waals surface area contributed by atoms with Crippen LogP contribution in [0.5, 0.6) is 0 Å². The molecule has 0 radical (unpaired) electrons. The van der Waals surface area contributed by atoms with Gasteiger partial charge >= 0.3 is 5.97 Å². The Hall–Kier alpha value is -4.04. The van der Waals surface area contributed by atoms with Gasteiger partial charge in [-0.1, -0.05) is 42.5 Å². The molecule has 4 aromatic rings. The smallest absolute Gasteiger partial charge is 0.337 e. The van der Waals surface area contributed by atoms with Gasteiger partial charge in [-0.15, -0.1) is 0 Å². The topological polar surface area (TPSA) is 67.7 Å². The van der Waals surface area contributed by atoms with Crippen molar-refractivity contribution >= 4 is 22.9 Å². The molecule has 3 aliphatic heterocycles. The highest BCUT2D eigenvalue weighted by atomic mass is 19.1. The molecular weight excluding hydrogens is 567 g/mol. The Morgan fingerprint density at radius 1 is 0.911 bits per heavy atom. The molecule has 0 saturated carbocycles. The maximum absolute atomic E-state index is 14.3. The molecule has 0 aliphatic carbocycles. The molecule has 3 saturated heterocycles. The maximum atomic E-state index is 14.3. The number of ether oxygens (including phenoxy) is 1. The monoisotopic (exact) mass is 608 g/mol. The fraction of sp³-hybridized carbons (Fsp3) is 0.432. The number of carbonyl (C=O) groups is 2. The predicted octanol–water partition coefficient (Wildman–Crippen LogP) is 6.70. The SMILES string of the molecule is COC(=O)c1cc(F)cc(C(=O)N2CCC(CCN3[C@@H]4CC[C@H]3CC(n3c(C)nc5ccccc53)C4)(c3ccccc3)CC2)c1. The Balaban J connectivity index is 1.06. The van der Waals surface area contributed by atoms with E-state index >= 15 is 0 Å². The number of rotatable bonds is 7. The highest BCUT2D eigenvalue weighted by Gasteiger charge is 2.44. The van der Waals surface area contributed by atoms with Crippen molar-refractivity contribution in [2.45, 2.75) is 75.4 Å². The molecule has 3 atom stereocenters. The Morgan fingerprint density at radius 3 is 2.29 bits per heavy atom. The van der Waals surface area contributed by atoms with E-state index < -0.39 is 11.8 Å². The number of fused-ring (bicyclic) bond motifs is 3. The van der Waals surface area contributed by atoms with E-state index in [-0.39, 0.29) is 22.4 Å². The summed E-state index contributed by atoms with van der Waals surface area (Å²) in [7, 11) is 1.25. The van der Waals surface area contributed by atoms with E-state index in [2.05, 4.69) is 71.0 Å². The summed E-state index contributed by atoms with van der Waals surface area (Å²) in [5.74, 6) is -0.412. The minimum absolute atomic E-state index is 0.0371. The van der Waals surface area contributed by atoms with Crippen molar-refractivity contribution in [2.24, 2.45) is 0 Å². The second-order valence-electron chi connectivity index (χ2n) is 13.2. The summed E-state index contributed by atoms with van der Waals surface area (Å²) in [6.07, 6.45) is 7.51. The summed E-state index contributed by atoms with van der Waals surface area (Å²) in [4.78, 5) is 35.0. The summed E-state index contributed by atoms with van der Waals surface area (Å²) in [6.45, 7) is 4.35. The molecule has 1 amide bonds. The number of carbonyl (C=O) groups excluding carboxylic acids is 2. The fourth-order valence-corrected chi connectivity index (χ4v) is 8.53. The lowest BCUT2D eigenvalue weighted by Gasteiger charge is -2.45. The quantitative estimate of drug-likeness (QED) is 0.219. The van der Waals surface area contributed by atoms with E-state index in [0.29, 0.717) is 31.2 Å². The number of methoxy groups -OCH3 is 1. The first-order valence-corrected chi connectivity index (χ1v) is 16.3. The van der Waals surface area contributed by atoms with Crippen molar-refractivity contribution in [3.05, 3.63) is 101 Å². The molecule has 3 fully saturated rings. The Morgan fingerprint density at radius 2 is 1.58 bits per heavy atom. The van der Waals surface area contributed by atoms with Gasteiger partial charge in [-0.05, 0) is 99.7 Å². The number of hydrogen-bond donors (Lipinski definition) is 0. The van der Waals surface area contributed by atoms with Crippen LogP contribution in [0.15, 0.2) is 72.8 Å². The van der Waals surface area contributed by atoms with E-state index in [1.807, 2.05) is 4.90 Å². The number of halogens is 1. The summed E-state index contributed by atoms with van der Waals surface area (Å²) in [5.41, 5.74) is 3.86. The number of esters is 1. The fourth-order valence-electron chi connectivity index (χ4n) is 8.53. The minimum Gasteiger partial charge on any atom is -0.465 e. The first kappa shape index (κ1) is 29.7. The van der Waals surface area contributed by atoms with Gasteiger partial charge in [0.1, 0.15) is 11.6 Å². The van der Waals surface area contributed by atoms with Crippen LogP contribution < -0.4 is 0 Å². The number of para-hydroxylation sites is 2. The van der Waals surface area contributed by atoms with Gasteiger partial charge in [-0.3, -0.25) is 9.69 Å². The van der Waals surface area contributed by atoms with Gasteiger partial charge in [-0.25, -0.2) is 14.2 Å². The Labute approximate surface area is 264 Å². The van der Waals surface area contributed by atoms with Crippen molar-refractivity contribution in [1.82, 2.24) is 19.4 Å². The summed E-state index contributed by atoms with van der Waals surface area (Å²) < 4.78 is 21.6. The van der Waals surface area contributed by atoms with Gasteiger partial charge in [0.2, 0.25) is 0 Å². The van der Waals surface area contributed by atoms with Crippen LogP contribution in [0.4, 0.5) is 4.39 Å². The second-order valence-corrected chi connectivity index (χ2v) is 13.2. The molecule has 0 spiro atoms. The van der Waals surface area contributed by atoms with E-state index in [1.54, 1.807) is 0 Å². The van der Waals surface area contributed by atoms with Gasteiger partial charge in [0.05, 0.1) is 23.7 Å². The van der Waals surface area contributed by atoms with Crippen LogP contribution in [-0.2, 0) is 10.2 Å². The summed E-state index contributed by atoms with van der Waals surface area (Å²) >= 11 is 0. The van der Waals surface area contributed by atoms with Crippen LogP contribution in [-0.4, -0.2) is 70.1 Å². The normalized spacial score (nSPS) is 22.9. The lowest BCUT2D eigenvalue weighted by atomic mass is 9.70. The lowest BCUT2D eigenvalue weighted by Crippen LogP contribution is -2.49. The zero-order valence-corrected chi connectivity index (χ0v) is 26.1. The van der Waals surface area contributed by atoms with Gasteiger partial charge < -0.3 is 14.2 Å². The third-order valence-electron chi connectivity index (χ3n) is 10.8.